The normalized spacial score (nSPS) is 20.2. The third-order valence-corrected chi connectivity index (χ3v) is 8.85. The van der Waals surface area contributed by atoms with Crippen molar-refractivity contribution in [3.63, 3.8) is 0 Å². The van der Waals surface area contributed by atoms with Crippen molar-refractivity contribution in [3.05, 3.63) is 70.2 Å². The number of likely N-dealkylation sites (tertiary alicyclic amines) is 1. The average molecular weight is 504 g/mol. The Morgan fingerprint density at radius 3 is 2.50 bits per heavy atom. The lowest BCUT2D eigenvalue weighted by Gasteiger charge is -2.31. The van der Waals surface area contributed by atoms with Crippen molar-refractivity contribution >= 4 is 27.5 Å². The van der Waals surface area contributed by atoms with Crippen LogP contribution in [0.25, 0.3) is 0 Å². The van der Waals surface area contributed by atoms with E-state index in [9.17, 15) is 13.2 Å². The molecule has 6 nitrogen and oxygen atoms in total. The van der Waals surface area contributed by atoms with E-state index in [0.29, 0.717) is 36.5 Å². The number of amides is 1. The molecule has 4 rings (SSSR count). The molecular weight excluding hydrogens is 470 g/mol. The van der Waals surface area contributed by atoms with Gasteiger partial charge in [-0.2, -0.15) is 0 Å². The summed E-state index contributed by atoms with van der Waals surface area (Å²) in [6.07, 6.45) is 5.18. The van der Waals surface area contributed by atoms with Gasteiger partial charge in [0.15, 0.2) is 0 Å². The summed E-state index contributed by atoms with van der Waals surface area (Å²) in [5.41, 5.74) is 3.03. The van der Waals surface area contributed by atoms with E-state index in [1.54, 1.807) is 24.3 Å². The van der Waals surface area contributed by atoms with Gasteiger partial charge in [0.2, 0.25) is 15.9 Å². The van der Waals surface area contributed by atoms with Crippen LogP contribution < -0.4 is 5.32 Å². The minimum atomic E-state index is -3.52. The number of piperidine rings is 2. The van der Waals surface area contributed by atoms with E-state index < -0.39 is 10.0 Å². The fraction of sp³-hybridized carbons (Fsp3) is 0.500. The van der Waals surface area contributed by atoms with Crippen molar-refractivity contribution in [3.8, 4) is 0 Å². The zero-order valence-corrected chi connectivity index (χ0v) is 21.2. The van der Waals surface area contributed by atoms with Crippen LogP contribution in [-0.2, 0) is 33.7 Å². The highest BCUT2D eigenvalue weighted by Crippen LogP contribution is 2.23. The summed E-state index contributed by atoms with van der Waals surface area (Å²) >= 11 is 6.01. The van der Waals surface area contributed by atoms with Crippen LogP contribution in [0.3, 0.4) is 0 Å². The second-order valence-corrected chi connectivity index (χ2v) is 11.8. The van der Waals surface area contributed by atoms with Crippen molar-refractivity contribution in [1.82, 2.24) is 14.5 Å². The molecule has 0 aromatic heterocycles. The van der Waals surface area contributed by atoms with Gasteiger partial charge in [0.25, 0.3) is 0 Å². The van der Waals surface area contributed by atoms with Gasteiger partial charge in [0.05, 0.1) is 11.7 Å². The molecule has 0 spiro atoms. The molecule has 184 valence electrons. The molecule has 2 saturated heterocycles. The van der Waals surface area contributed by atoms with E-state index in [1.165, 1.54) is 29.1 Å². The number of carbonyl (C=O) groups excluding carboxylic acids is 1. The van der Waals surface area contributed by atoms with Crippen molar-refractivity contribution in [2.75, 3.05) is 26.2 Å². The van der Waals surface area contributed by atoms with Gasteiger partial charge in [-0.3, -0.25) is 9.69 Å². The monoisotopic (exact) mass is 503 g/mol. The van der Waals surface area contributed by atoms with Crippen molar-refractivity contribution in [2.24, 2.45) is 5.92 Å². The third kappa shape index (κ3) is 6.81. The molecule has 0 bridgehead atoms. The first-order valence-electron chi connectivity index (χ1n) is 12.2. The molecule has 2 heterocycles. The smallest absolute Gasteiger partial charge is 0.224 e. The molecule has 2 aliphatic heterocycles. The van der Waals surface area contributed by atoms with Gasteiger partial charge in [0, 0.05) is 31.2 Å². The van der Waals surface area contributed by atoms with Gasteiger partial charge < -0.3 is 5.32 Å². The number of nitrogens with zero attached hydrogens (tertiary/aromatic N) is 2. The van der Waals surface area contributed by atoms with Crippen molar-refractivity contribution in [1.29, 1.82) is 0 Å². The Hall–Kier alpha value is -1.93. The average Bonchev–Trinajstić information content (AvgIpc) is 2.84. The lowest BCUT2D eigenvalue weighted by atomic mass is 9.98. The first-order chi connectivity index (χ1) is 16.4. The zero-order chi connectivity index (χ0) is 24.0. The molecule has 1 amide bonds. The molecule has 1 atom stereocenters. The van der Waals surface area contributed by atoms with Crippen LogP contribution in [-0.4, -0.2) is 49.7 Å². The summed E-state index contributed by atoms with van der Waals surface area (Å²) < 4.78 is 27.5. The van der Waals surface area contributed by atoms with E-state index in [-0.39, 0.29) is 24.1 Å². The van der Waals surface area contributed by atoms with E-state index in [0.717, 1.165) is 25.2 Å². The van der Waals surface area contributed by atoms with Gasteiger partial charge in [-0.15, -0.1) is 0 Å². The fourth-order valence-electron chi connectivity index (χ4n) is 4.91. The Labute approximate surface area is 208 Å². The first-order valence-corrected chi connectivity index (χ1v) is 14.2. The highest BCUT2D eigenvalue weighted by molar-refractivity contribution is 7.88. The van der Waals surface area contributed by atoms with Crippen LogP contribution in [0.5, 0.6) is 0 Å². The number of rotatable bonds is 8. The molecule has 8 heteroatoms. The van der Waals surface area contributed by atoms with Gasteiger partial charge >= 0.3 is 0 Å². The van der Waals surface area contributed by atoms with E-state index in [4.69, 9.17) is 11.6 Å². The number of nitrogens with one attached hydrogen (secondary N) is 1. The minimum Gasteiger partial charge on any atom is -0.352 e. The maximum atomic E-state index is 13.0. The lowest BCUT2D eigenvalue weighted by molar-refractivity contribution is -0.126. The van der Waals surface area contributed by atoms with Crippen LogP contribution in [0.2, 0.25) is 5.02 Å². The fourth-order valence-corrected chi connectivity index (χ4v) is 6.72. The summed E-state index contributed by atoms with van der Waals surface area (Å²) in [6.45, 7) is 4.31. The predicted molar refractivity (Wildman–Crippen MR) is 136 cm³/mol. The van der Waals surface area contributed by atoms with Crippen LogP contribution in [0.1, 0.15) is 48.8 Å². The molecule has 2 aliphatic rings. The van der Waals surface area contributed by atoms with Crippen molar-refractivity contribution in [2.45, 2.75) is 50.9 Å². The maximum absolute atomic E-state index is 13.0. The van der Waals surface area contributed by atoms with E-state index in [1.807, 2.05) is 12.1 Å². The molecule has 1 N–H and O–H groups in total. The number of carbonyl (C=O) groups is 1. The summed E-state index contributed by atoms with van der Waals surface area (Å²) in [5.74, 6) is -0.515. The molecular formula is C26H34ClN3O3S. The maximum Gasteiger partial charge on any atom is 0.224 e. The lowest BCUT2D eigenvalue weighted by Crippen LogP contribution is -2.45. The Bertz CT molecular complexity index is 1090. The summed E-state index contributed by atoms with van der Waals surface area (Å²) in [4.78, 5) is 15.5. The van der Waals surface area contributed by atoms with Crippen LogP contribution in [0.4, 0.5) is 0 Å². The Balaban J connectivity index is 1.34. The predicted octanol–water partition coefficient (Wildman–Crippen LogP) is 4.18. The number of benzene rings is 2. The standard InChI is InChI=1S/C26H34ClN3O3S/c27-25-12-6-8-21(16-25)20-34(32,33)30-15-7-11-24(19-30)26(31)28-17-22-9-2-3-10-23(22)18-29-13-4-1-5-14-29/h2-3,6,8-10,12,16,24H,1,4-5,7,11,13-15,17-20H2,(H,28,31). The van der Waals surface area contributed by atoms with Crippen LogP contribution >= 0.6 is 11.6 Å². The summed E-state index contributed by atoms with van der Waals surface area (Å²) in [6, 6.07) is 15.2. The number of hydrogen-bond donors (Lipinski definition) is 1. The molecule has 0 radical (unpaired) electrons. The third-order valence-electron chi connectivity index (χ3n) is 6.80. The molecule has 34 heavy (non-hydrogen) atoms. The van der Waals surface area contributed by atoms with Crippen LogP contribution in [0, 0.1) is 5.92 Å². The van der Waals surface area contributed by atoms with Gasteiger partial charge in [-0.05, 0) is 67.6 Å². The van der Waals surface area contributed by atoms with Gasteiger partial charge in [-0.25, -0.2) is 12.7 Å². The highest BCUT2D eigenvalue weighted by atomic mass is 35.5. The summed E-state index contributed by atoms with van der Waals surface area (Å²) in [7, 11) is -3.52. The first kappa shape index (κ1) is 25.2. The van der Waals surface area contributed by atoms with Gasteiger partial charge in [-0.1, -0.05) is 54.4 Å². The Morgan fingerprint density at radius 2 is 1.74 bits per heavy atom. The molecule has 0 saturated carbocycles. The second kappa shape index (κ2) is 11.7. The SMILES string of the molecule is O=C(NCc1ccccc1CN1CCCCC1)C1CCCN(S(=O)(=O)Cc2cccc(Cl)c2)C1. The number of hydrogen-bond acceptors (Lipinski definition) is 4. The van der Waals surface area contributed by atoms with Gasteiger partial charge in [0.1, 0.15) is 0 Å². The van der Waals surface area contributed by atoms with Crippen molar-refractivity contribution < 1.29 is 13.2 Å². The largest absolute Gasteiger partial charge is 0.352 e. The Morgan fingerprint density at radius 1 is 0.971 bits per heavy atom. The van der Waals surface area contributed by atoms with E-state index in [2.05, 4.69) is 22.3 Å². The minimum absolute atomic E-state index is 0.0737. The molecule has 1 unspecified atom stereocenters. The number of halogens is 1. The quantitative estimate of drug-likeness (QED) is 0.586. The van der Waals surface area contributed by atoms with E-state index >= 15 is 0 Å². The number of sulfonamides is 1. The second-order valence-electron chi connectivity index (χ2n) is 9.41. The molecule has 2 fully saturated rings. The van der Waals surface area contributed by atoms with Crippen LogP contribution in [0.15, 0.2) is 48.5 Å². The Kier molecular flexibility index (Phi) is 8.64. The highest BCUT2D eigenvalue weighted by Gasteiger charge is 2.32. The molecule has 0 aliphatic carbocycles. The molecule has 2 aromatic rings. The molecule has 2 aromatic carbocycles. The summed E-state index contributed by atoms with van der Waals surface area (Å²) in [5, 5.41) is 3.60. The topological polar surface area (TPSA) is 69.7 Å². The zero-order valence-electron chi connectivity index (χ0n) is 19.6.